The van der Waals surface area contributed by atoms with Gasteiger partial charge in [-0.05, 0) is 32.6 Å². The van der Waals surface area contributed by atoms with E-state index >= 15 is 0 Å². The fourth-order valence-electron chi connectivity index (χ4n) is 3.99. The lowest BCUT2D eigenvalue weighted by Crippen LogP contribution is -2.80. The second-order valence-corrected chi connectivity index (χ2v) is 6.67. The minimum absolute atomic E-state index is 0.138. The molecule has 0 aromatic heterocycles. The third kappa shape index (κ3) is 1.80. The van der Waals surface area contributed by atoms with Crippen molar-refractivity contribution in [2.24, 2.45) is 11.8 Å². The molecule has 2 heterocycles. The Labute approximate surface area is 128 Å². The van der Waals surface area contributed by atoms with Crippen molar-refractivity contribution in [3.8, 4) is 0 Å². The maximum Gasteiger partial charge on any atom is 0.339 e. The van der Waals surface area contributed by atoms with Crippen LogP contribution in [0.3, 0.4) is 0 Å². The fraction of sp³-hybridized carbons (Fsp3) is 0.733. The Morgan fingerprint density at radius 1 is 1.57 bits per heavy atom. The number of halogens is 1. The lowest BCUT2D eigenvalue weighted by atomic mass is 9.64. The highest BCUT2D eigenvalue weighted by atomic mass is 35.5. The van der Waals surface area contributed by atoms with Crippen molar-refractivity contribution in [3.63, 3.8) is 0 Å². The summed E-state index contributed by atoms with van der Waals surface area (Å²) in [5, 5.41) is 13.5. The molecule has 2 aliphatic heterocycles. The quantitative estimate of drug-likeness (QED) is 0.463. The number of aliphatic hydroxyl groups excluding tert-OH is 1. The highest BCUT2D eigenvalue weighted by Gasteiger charge is 2.79. The predicted octanol–water partition coefficient (Wildman–Crippen LogP) is 1.13. The number of amides is 1. The van der Waals surface area contributed by atoms with Gasteiger partial charge in [0.1, 0.15) is 0 Å². The first-order chi connectivity index (χ1) is 9.97. The predicted molar refractivity (Wildman–Crippen MR) is 76.7 cm³/mol. The molecule has 2 fully saturated rings. The molecule has 3 aliphatic rings. The van der Waals surface area contributed by atoms with Gasteiger partial charge in [-0.2, -0.15) is 0 Å². The summed E-state index contributed by atoms with van der Waals surface area (Å²) in [4.78, 5) is 24.4. The molecule has 4 unspecified atom stereocenters. The summed E-state index contributed by atoms with van der Waals surface area (Å²) < 4.78 is 5.34. The Morgan fingerprint density at radius 3 is 2.90 bits per heavy atom. The zero-order chi connectivity index (χ0) is 15.3. The van der Waals surface area contributed by atoms with Crippen LogP contribution in [0.15, 0.2) is 12.2 Å². The Kier molecular flexibility index (Phi) is 3.53. The third-order valence-electron chi connectivity index (χ3n) is 5.25. The second kappa shape index (κ2) is 4.99. The number of nitrogens with one attached hydrogen (secondary N) is 1. The van der Waals surface area contributed by atoms with E-state index in [-0.39, 0.29) is 11.8 Å². The van der Waals surface area contributed by atoms with Crippen LogP contribution in [0.2, 0.25) is 0 Å². The van der Waals surface area contributed by atoms with E-state index in [0.29, 0.717) is 12.3 Å². The average molecular weight is 314 g/mol. The van der Waals surface area contributed by atoms with E-state index in [4.69, 9.17) is 16.3 Å². The molecule has 0 radical (unpaired) electrons. The van der Waals surface area contributed by atoms with E-state index in [0.717, 1.165) is 19.3 Å². The van der Waals surface area contributed by atoms with Crippen molar-refractivity contribution in [3.05, 3.63) is 12.2 Å². The Hall–Kier alpha value is -1.07. The number of carbonyl (C=O) groups is 2. The van der Waals surface area contributed by atoms with Crippen LogP contribution in [0.5, 0.6) is 0 Å². The summed E-state index contributed by atoms with van der Waals surface area (Å²) in [5.74, 6) is -1.14. The van der Waals surface area contributed by atoms with Crippen LogP contribution in [0.1, 0.15) is 32.6 Å². The van der Waals surface area contributed by atoms with E-state index < -0.39 is 29.1 Å². The van der Waals surface area contributed by atoms with Gasteiger partial charge in [0.15, 0.2) is 5.60 Å². The molecule has 1 aliphatic carbocycles. The molecular weight excluding hydrogens is 294 g/mol. The maximum atomic E-state index is 12.2. The van der Waals surface area contributed by atoms with Crippen LogP contribution < -0.4 is 5.32 Å². The van der Waals surface area contributed by atoms with Crippen LogP contribution >= 0.6 is 11.6 Å². The molecule has 2 N–H and O–H groups in total. The van der Waals surface area contributed by atoms with Crippen molar-refractivity contribution in [2.75, 3.05) is 5.88 Å². The number of alkyl halides is 1. The average Bonchev–Trinajstić information content (AvgIpc) is 2.65. The Balaban J connectivity index is 1.94. The van der Waals surface area contributed by atoms with Gasteiger partial charge in [0.2, 0.25) is 11.4 Å². The van der Waals surface area contributed by atoms with Crippen LogP contribution in [-0.4, -0.2) is 40.1 Å². The summed E-state index contributed by atoms with van der Waals surface area (Å²) >= 11 is 5.76. The van der Waals surface area contributed by atoms with Crippen molar-refractivity contribution >= 4 is 23.5 Å². The maximum absolute atomic E-state index is 12.2. The van der Waals surface area contributed by atoms with Crippen LogP contribution in [0.4, 0.5) is 0 Å². The summed E-state index contributed by atoms with van der Waals surface area (Å²) in [5.41, 5.74) is -2.34. The summed E-state index contributed by atoms with van der Waals surface area (Å²) in [6.07, 6.45) is 6.17. The number of aliphatic hydroxyl groups is 1. The molecule has 6 heteroatoms. The molecule has 0 spiro atoms. The number of fused-ring (bicyclic) bond motifs is 1. The number of rotatable bonds is 4. The van der Waals surface area contributed by atoms with Crippen molar-refractivity contribution in [2.45, 2.75) is 49.9 Å². The number of esters is 1. The van der Waals surface area contributed by atoms with Gasteiger partial charge >= 0.3 is 5.97 Å². The minimum Gasteiger partial charge on any atom is -0.453 e. The van der Waals surface area contributed by atoms with Crippen LogP contribution in [0, 0.1) is 11.8 Å². The molecule has 5 atom stereocenters. The van der Waals surface area contributed by atoms with E-state index in [9.17, 15) is 14.7 Å². The SMILES string of the molecule is C[C@@]12OC(=O)C1(C(O)C1C=CCCC1)NC(=O)C2CCCl. The van der Waals surface area contributed by atoms with Crippen LogP contribution in [-0.2, 0) is 14.3 Å². The molecular formula is C15H20ClNO4. The molecule has 116 valence electrons. The lowest BCUT2D eigenvalue weighted by Gasteiger charge is -2.54. The van der Waals surface area contributed by atoms with Gasteiger partial charge in [-0.15, -0.1) is 11.6 Å². The largest absolute Gasteiger partial charge is 0.453 e. The van der Waals surface area contributed by atoms with Crippen molar-refractivity contribution < 1.29 is 19.4 Å². The summed E-state index contributed by atoms with van der Waals surface area (Å²) in [6, 6.07) is 0. The topological polar surface area (TPSA) is 75.6 Å². The number of ether oxygens (including phenoxy) is 1. The highest BCUT2D eigenvalue weighted by molar-refractivity contribution is 6.18. The van der Waals surface area contributed by atoms with E-state index in [1.54, 1.807) is 6.92 Å². The van der Waals surface area contributed by atoms with Crippen LogP contribution in [0.25, 0.3) is 0 Å². The molecule has 2 saturated heterocycles. The molecule has 0 aromatic carbocycles. The van der Waals surface area contributed by atoms with Gasteiger partial charge in [0, 0.05) is 11.8 Å². The second-order valence-electron chi connectivity index (χ2n) is 6.29. The first kappa shape index (κ1) is 14.9. The monoisotopic (exact) mass is 313 g/mol. The third-order valence-corrected chi connectivity index (χ3v) is 5.47. The van der Waals surface area contributed by atoms with Crippen molar-refractivity contribution in [1.29, 1.82) is 0 Å². The van der Waals surface area contributed by atoms with E-state index in [1.807, 2.05) is 12.2 Å². The smallest absolute Gasteiger partial charge is 0.339 e. The Morgan fingerprint density at radius 2 is 2.33 bits per heavy atom. The van der Waals surface area contributed by atoms with Gasteiger partial charge in [0.25, 0.3) is 0 Å². The summed E-state index contributed by atoms with van der Waals surface area (Å²) in [7, 11) is 0. The van der Waals surface area contributed by atoms with Gasteiger partial charge in [-0.25, -0.2) is 4.79 Å². The van der Waals surface area contributed by atoms with Gasteiger partial charge in [0.05, 0.1) is 12.0 Å². The number of hydrogen-bond acceptors (Lipinski definition) is 4. The molecule has 21 heavy (non-hydrogen) atoms. The number of carbonyl (C=O) groups excluding carboxylic acids is 2. The normalized spacial score (nSPS) is 42.8. The zero-order valence-electron chi connectivity index (χ0n) is 12.0. The van der Waals surface area contributed by atoms with Gasteiger partial charge < -0.3 is 15.2 Å². The first-order valence-electron chi connectivity index (χ1n) is 7.43. The van der Waals surface area contributed by atoms with Gasteiger partial charge in [-0.3, -0.25) is 4.79 Å². The standard InChI is InChI=1S/C15H20ClNO4/c1-14-10(7-8-16)12(19)17-15(14,13(20)21-14)11(18)9-5-3-2-4-6-9/h3,5,9-11,18H,2,4,6-8H2,1H3,(H,17,19)/t9?,10?,11?,14-,15?/m0/s1. The molecule has 3 rings (SSSR count). The van der Waals surface area contributed by atoms with Gasteiger partial charge in [-0.1, -0.05) is 12.2 Å². The zero-order valence-corrected chi connectivity index (χ0v) is 12.7. The highest BCUT2D eigenvalue weighted by Crippen LogP contribution is 2.53. The molecule has 0 aromatic rings. The van der Waals surface area contributed by atoms with E-state index in [1.165, 1.54) is 0 Å². The fourth-order valence-corrected chi connectivity index (χ4v) is 4.21. The van der Waals surface area contributed by atoms with Crippen molar-refractivity contribution in [1.82, 2.24) is 5.32 Å². The molecule has 0 saturated carbocycles. The molecule has 0 bridgehead atoms. The Bertz CT molecular complexity index is 508. The first-order valence-corrected chi connectivity index (χ1v) is 7.97. The lowest BCUT2D eigenvalue weighted by molar-refractivity contribution is -0.238. The number of hydrogen-bond donors (Lipinski definition) is 2. The minimum atomic E-state index is -1.33. The number of allylic oxidation sites excluding steroid dienone is 1. The van der Waals surface area contributed by atoms with E-state index in [2.05, 4.69) is 5.32 Å². The summed E-state index contributed by atoms with van der Waals surface area (Å²) in [6.45, 7) is 1.72. The molecule has 1 amide bonds. The molecule has 5 nitrogen and oxygen atoms in total.